The van der Waals surface area contributed by atoms with Gasteiger partial charge in [-0.15, -0.1) is 0 Å². The zero-order valence-electron chi connectivity index (χ0n) is 13.3. The van der Waals surface area contributed by atoms with Gasteiger partial charge in [0.05, 0.1) is 20.9 Å². The van der Waals surface area contributed by atoms with E-state index in [-0.39, 0.29) is 16.1 Å². The van der Waals surface area contributed by atoms with E-state index in [1.165, 1.54) is 24.5 Å². The second kappa shape index (κ2) is 5.41. The zero-order valence-corrected chi connectivity index (χ0v) is 14.2. The lowest BCUT2D eigenvalue weighted by molar-refractivity contribution is -0.384. The Hall–Kier alpha value is -2.74. The molecule has 24 heavy (non-hydrogen) atoms. The van der Waals surface area contributed by atoms with E-state index >= 15 is 0 Å². The van der Waals surface area contributed by atoms with E-state index in [9.17, 15) is 18.5 Å². The fraction of sp³-hybridized carbons (Fsp3) is 0.188. The molecule has 0 atom stereocenters. The second-order valence-corrected chi connectivity index (χ2v) is 7.46. The second-order valence-electron chi connectivity index (χ2n) is 5.70. The summed E-state index contributed by atoms with van der Waals surface area (Å²) in [7, 11) is -3.85. The molecule has 0 aliphatic heterocycles. The number of hydrogen-bond donors (Lipinski definition) is 0. The molecule has 2 aromatic carbocycles. The maximum Gasteiger partial charge on any atom is 0.271 e. The number of fused-ring (bicyclic) bond motifs is 1. The number of rotatable bonds is 3. The Bertz CT molecular complexity index is 1060. The fourth-order valence-electron chi connectivity index (χ4n) is 2.96. The smallest absolute Gasteiger partial charge is 0.258 e. The number of nitro benzene ring substituents is 1. The van der Waals surface area contributed by atoms with Crippen LogP contribution in [0.15, 0.2) is 41.6 Å². The van der Waals surface area contributed by atoms with Gasteiger partial charge in [-0.05, 0) is 38.0 Å². The molecular weight excluding hydrogens is 330 g/mol. The number of aryl methyl sites for hydroxylation is 3. The van der Waals surface area contributed by atoms with Crippen LogP contribution in [0, 0.1) is 30.9 Å². The predicted molar refractivity (Wildman–Crippen MR) is 89.6 cm³/mol. The Balaban J connectivity index is 2.25. The zero-order chi connectivity index (χ0) is 17.6. The third kappa shape index (κ3) is 2.44. The van der Waals surface area contributed by atoms with Crippen molar-refractivity contribution in [1.29, 1.82) is 0 Å². The molecule has 0 amide bonds. The normalized spacial score (nSPS) is 11.8. The molecule has 0 saturated carbocycles. The van der Waals surface area contributed by atoms with E-state index in [0.717, 1.165) is 9.54 Å². The summed E-state index contributed by atoms with van der Waals surface area (Å²) in [6, 6.07) is 7.55. The molecule has 0 unspecified atom stereocenters. The Morgan fingerprint density at radius 2 is 1.71 bits per heavy atom. The quantitative estimate of drug-likeness (QED) is 0.537. The average molecular weight is 345 g/mol. The van der Waals surface area contributed by atoms with E-state index in [1.807, 2.05) is 19.1 Å². The van der Waals surface area contributed by atoms with Crippen molar-refractivity contribution in [3.8, 4) is 0 Å². The first kappa shape index (κ1) is 16.1. The molecule has 3 rings (SSSR count). The average Bonchev–Trinajstić information content (AvgIpc) is 2.89. The molecule has 0 spiro atoms. The highest BCUT2D eigenvalue weighted by Crippen LogP contribution is 2.28. The van der Waals surface area contributed by atoms with Gasteiger partial charge in [-0.3, -0.25) is 10.1 Å². The standard InChI is InChI=1S/C16H15N3O4S/c1-10-6-11(2)16(12(3)7-10)24(22,23)18-9-17-14-8-13(19(20)21)4-5-15(14)18/h4-9H,1-3H3. The van der Waals surface area contributed by atoms with E-state index in [0.29, 0.717) is 16.6 Å². The van der Waals surface area contributed by atoms with Gasteiger partial charge in [-0.25, -0.2) is 17.4 Å². The first-order valence-corrected chi connectivity index (χ1v) is 8.61. The lowest BCUT2D eigenvalue weighted by atomic mass is 10.1. The van der Waals surface area contributed by atoms with Gasteiger partial charge in [-0.2, -0.15) is 0 Å². The number of non-ortho nitro benzene ring substituents is 1. The minimum atomic E-state index is -3.85. The summed E-state index contributed by atoms with van der Waals surface area (Å²) in [6.07, 6.45) is 1.18. The van der Waals surface area contributed by atoms with Crippen molar-refractivity contribution in [2.24, 2.45) is 0 Å². The van der Waals surface area contributed by atoms with Crippen LogP contribution in [0.2, 0.25) is 0 Å². The van der Waals surface area contributed by atoms with E-state index in [1.54, 1.807) is 13.8 Å². The summed E-state index contributed by atoms with van der Waals surface area (Å²) in [5, 5.41) is 10.8. The molecule has 7 nitrogen and oxygen atoms in total. The summed E-state index contributed by atoms with van der Waals surface area (Å²) < 4.78 is 27.2. The summed E-state index contributed by atoms with van der Waals surface area (Å²) >= 11 is 0. The van der Waals surface area contributed by atoms with Crippen molar-refractivity contribution in [1.82, 2.24) is 8.96 Å². The van der Waals surface area contributed by atoms with Gasteiger partial charge in [0.2, 0.25) is 0 Å². The summed E-state index contributed by atoms with van der Waals surface area (Å²) in [5.74, 6) is 0. The van der Waals surface area contributed by atoms with Gasteiger partial charge in [0.1, 0.15) is 6.33 Å². The van der Waals surface area contributed by atoms with Crippen LogP contribution < -0.4 is 0 Å². The molecule has 0 N–H and O–H groups in total. The molecule has 0 aliphatic rings. The molecule has 0 saturated heterocycles. The fourth-order valence-corrected chi connectivity index (χ4v) is 4.67. The summed E-state index contributed by atoms with van der Waals surface area (Å²) in [4.78, 5) is 14.5. The number of nitrogens with zero attached hydrogens (tertiary/aromatic N) is 3. The van der Waals surface area contributed by atoms with Gasteiger partial charge in [0.15, 0.2) is 0 Å². The molecule has 1 aromatic heterocycles. The van der Waals surface area contributed by atoms with Gasteiger partial charge in [-0.1, -0.05) is 17.7 Å². The summed E-state index contributed by atoms with van der Waals surface area (Å²) in [6.45, 7) is 5.40. The number of hydrogen-bond acceptors (Lipinski definition) is 5. The first-order chi connectivity index (χ1) is 11.2. The molecular formula is C16H15N3O4S. The molecule has 124 valence electrons. The van der Waals surface area contributed by atoms with Crippen LogP contribution in [0.25, 0.3) is 11.0 Å². The van der Waals surface area contributed by atoms with E-state index in [4.69, 9.17) is 0 Å². The Morgan fingerprint density at radius 1 is 1.08 bits per heavy atom. The van der Waals surface area contributed by atoms with Crippen LogP contribution in [-0.2, 0) is 10.0 Å². The highest BCUT2D eigenvalue weighted by molar-refractivity contribution is 7.90. The van der Waals surface area contributed by atoms with Gasteiger partial charge >= 0.3 is 0 Å². The molecule has 0 bridgehead atoms. The Morgan fingerprint density at radius 3 is 2.29 bits per heavy atom. The van der Waals surface area contributed by atoms with Crippen molar-refractivity contribution in [3.05, 3.63) is 63.5 Å². The molecule has 3 aromatic rings. The van der Waals surface area contributed by atoms with Gasteiger partial charge in [0, 0.05) is 12.1 Å². The van der Waals surface area contributed by atoms with Crippen molar-refractivity contribution in [3.63, 3.8) is 0 Å². The summed E-state index contributed by atoms with van der Waals surface area (Å²) in [5.41, 5.74) is 2.71. The first-order valence-electron chi connectivity index (χ1n) is 7.17. The van der Waals surface area contributed by atoms with Crippen LogP contribution in [0.1, 0.15) is 16.7 Å². The minimum absolute atomic E-state index is 0.132. The highest BCUT2D eigenvalue weighted by atomic mass is 32.2. The lowest BCUT2D eigenvalue weighted by Crippen LogP contribution is -2.15. The van der Waals surface area contributed by atoms with Crippen molar-refractivity contribution < 1.29 is 13.3 Å². The minimum Gasteiger partial charge on any atom is -0.258 e. The number of benzene rings is 2. The Kier molecular flexibility index (Phi) is 3.64. The van der Waals surface area contributed by atoms with Crippen LogP contribution in [-0.4, -0.2) is 22.3 Å². The highest BCUT2D eigenvalue weighted by Gasteiger charge is 2.24. The number of aromatic nitrogens is 2. The van der Waals surface area contributed by atoms with E-state index in [2.05, 4.69) is 4.98 Å². The maximum atomic E-state index is 13.1. The van der Waals surface area contributed by atoms with Crippen molar-refractivity contribution in [2.75, 3.05) is 0 Å². The van der Waals surface area contributed by atoms with Crippen molar-refractivity contribution >= 4 is 26.7 Å². The molecule has 1 heterocycles. The number of nitro groups is 1. The lowest BCUT2D eigenvalue weighted by Gasteiger charge is -2.13. The Labute approximate surface area is 138 Å². The van der Waals surface area contributed by atoms with Crippen LogP contribution in [0.4, 0.5) is 5.69 Å². The van der Waals surface area contributed by atoms with Crippen LogP contribution in [0.5, 0.6) is 0 Å². The third-order valence-corrected chi connectivity index (χ3v) is 5.80. The van der Waals surface area contributed by atoms with Crippen molar-refractivity contribution in [2.45, 2.75) is 25.7 Å². The largest absolute Gasteiger partial charge is 0.271 e. The molecule has 8 heteroatoms. The van der Waals surface area contributed by atoms with Gasteiger partial charge in [0.25, 0.3) is 15.7 Å². The number of imidazole rings is 1. The van der Waals surface area contributed by atoms with E-state index < -0.39 is 14.9 Å². The topological polar surface area (TPSA) is 95.1 Å². The predicted octanol–water partition coefficient (Wildman–Crippen LogP) is 3.11. The third-order valence-electron chi connectivity index (χ3n) is 3.83. The van der Waals surface area contributed by atoms with Gasteiger partial charge < -0.3 is 0 Å². The van der Waals surface area contributed by atoms with Crippen LogP contribution in [0.3, 0.4) is 0 Å². The monoisotopic (exact) mass is 345 g/mol. The molecule has 0 radical (unpaired) electrons. The molecule has 0 fully saturated rings. The molecule has 0 aliphatic carbocycles. The SMILES string of the molecule is Cc1cc(C)c(S(=O)(=O)n2cnc3cc([N+](=O)[O-])ccc32)c(C)c1. The van der Waals surface area contributed by atoms with Crippen LogP contribution >= 0.6 is 0 Å². The maximum absolute atomic E-state index is 13.1.